The van der Waals surface area contributed by atoms with Crippen LogP contribution in [0.2, 0.25) is 0 Å². The summed E-state index contributed by atoms with van der Waals surface area (Å²) in [6.07, 6.45) is 2.06. The zero-order valence-corrected chi connectivity index (χ0v) is 13.6. The van der Waals surface area contributed by atoms with Gasteiger partial charge in [-0.15, -0.1) is 8.20 Å². The molecule has 0 radical (unpaired) electrons. The van der Waals surface area contributed by atoms with Gasteiger partial charge in [0.15, 0.2) is 0 Å². The average Bonchev–Trinajstić information content (AvgIpc) is 2.52. The van der Waals surface area contributed by atoms with E-state index in [-0.39, 0.29) is 0 Å². The number of rotatable bonds is 2. The predicted molar refractivity (Wildman–Crippen MR) is 96.2 cm³/mol. The van der Waals surface area contributed by atoms with E-state index < -0.39 is 0 Å². The first-order chi connectivity index (χ1) is 10.2. The highest BCUT2D eigenvalue weighted by Crippen LogP contribution is 2.20. The van der Waals surface area contributed by atoms with Gasteiger partial charge >= 0.3 is 0 Å². The maximum absolute atomic E-state index is 3.20. The lowest BCUT2D eigenvalue weighted by molar-refractivity contribution is 1.47. The van der Waals surface area contributed by atoms with Crippen molar-refractivity contribution in [2.24, 2.45) is 0 Å². The summed E-state index contributed by atoms with van der Waals surface area (Å²) in [5, 5.41) is 0. The molecule has 1 heteroatoms. The largest absolute Gasteiger partial charge is 0.108 e. The second kappa shape index (κ2) is 7.63. The summed E-state index contributed by atoms with van der Waals surface area (Å²) in [7, 11) is 1.26. The molecular formula is C20H19P. The van der Waals surface area contributed by atoms with Crippen molar-refractivity contribution in [2.45, 2.75) is 13.8 Å². The van der Waals surface area contributed by atoms with Crippen LogP contribution < -0.4 is 0 Å². The highest BCUT2D eigenvalue weighted by molar-refractivity contribution is 7.38. The molecule has 0 fully saturated rings. The normalized spacial score (nSPS) is 11.3. The van der Waals surface area contributed by atoms with Crippen LogP contribution in [0.25, 0.3) is 11.1 Å². The molecule has 21 heavy (non-hydrogen) atoms. The minimum absolute atomic E-state index is 1.05. The monoisotopic (exact) mass is 290 g/mol. The zero-order valence-electron chi connectivity index (χ0n) is 12.7. The van der Waals surface area contributed by atoms with Gasteiger partial charge in [-0.05, 0) is 61.2 Å². The molecule has 0 unspecified atom stereocenters. The third kappa shape index (κ3) is 4.75. The molecular weight excluding hydrogens is 271 g/mol. The number of hydrogen-bond acceptors (Lipinski definition) is 0. The Labute approximate surface area is 129 Å². The molecule has 2 aromatic rings. The molecule has 0 nitrogen and oxygen atoms in total. The van der Waals surface area contributed by atoms with Gasteiger partial charge < -0.3 is 0 Å². The summed E-state index contributed by atoms with van der Waals surface area (Å²) in [5.41, 5.74) is 5.89. The van der Waals surface area contributed by atoms with Crippen LogP contribution in [-0.4, -0.2) is 12.5 Å². The van der Waals surface area contributed by atoms with Crippen molar-refractivity contribution in [3.63, 3.8) is 0 Å². The minimum atomic E-state index is 1.05. The zero-order chi connectivity index (χ0) is 15.1. The van der Waals surface area contributed by atoms with E-state index in [1.54, 1.807) is 0 Å². The van der Waals surface area contributed by atoms with Gasteiger partial charge in [-0.1, -0.05) is 53.8 Å². The van der Waals surface area contributed by atoms with Crippen molar-refractivity contribution >= 4 is 14.0 Å². The third-order valence-corrected chi connectivity index (χ3v) is 3.59. The fourth-order valence-corrected chi connectivity index (χ4v) is 2.26. The topological polar surface area (TPSA) is 0 Å². The second-order valence-electron chi connectivity index (χ2n) is 4.95. The fraction of sp³-hybridized carbons (Fsp3) is 0.150. The molecule has 0 spiro atoms. The lowest BCUT2D eigenvalue weighted by atomic mass is 10.0. The van der Waals surface area contributed by atoms with Crippen LogP contribution in [0.1, 0.15) is 18.1 Å². The number of allylic oxidation sites excluding steroid dienone is 2. The molecule has 0 atom stereocenters. The first kappa shape index (κ1) is 15.3. The van der Waals surface area contributed by atoms with Crippen LogP contribution in [0.4, 0.5) is 0 Å². The van der Waals surface area contributed by atoms with Gasteiger partial charge in [0.2, 0.25) is 0 Å². The minimum Gasteiger partial charge on any atom is -0.108 e. The van der Waals surface area contributed by atoms with Crippen LogP contribution in [0.3, 0.4) is 0 Å². The summed E-state index contributed by atoms with van der Waals surface area (Å²) < 4.78 is 0. The van der Waals surface area contributed by atoms with Gasteiger partial charge in [-0.3, -0.25) is 0 Å². The second-order valence-corrected chi connectivity index (χ2v) is 5.76. The SMILES string of the molecule is CP=C/C=C(\C)C#Cc1ccc(-c2ccc(C)cc2)cc1. The average molecular weight is 290 g/mol. The summed E-state index contributed by atoms with van der Waals surface area (Å²) in [6, 6.07) is 17.0. The van der Waals surface area contributed by atoms with Gasteiger partial charge in [0, 0.05) is 5.56 Å². The Kier molecular flexibility index (Phi) is 5.56. The molecule has 0 aliphatic heterocycles. The Morgan fingerprint density at radius 1 is 0.952 bits per heavy atom. The lowest BCUT2D eigenvalue weighted by Gasteiger charge is -2.02. The van der Waals surface area contributed by atoms with Gasteiger partial charge in [-0.25, -0.2) is 0 Å². The van der Waals surface area contributed by atoms with Gasteiger partial charge in [0.25, 0.3) is 0 Å². The van der Waals surface area contributed by atoms with Gasteiger partial charge in [0.05, 0.1) is 0 Å². The summed E-state index contributed by atoms with van der Waals surface area (Å²) >= 11 is 0. The molecule has 0 aromatic heterocycles. The quantitative estimate of drug-likeness (QED) is 0.517. The molecule has 0 saturated carbocycles. The molecule has 0 saturated heterocycles. The Balaban J connectivity index is 2.16. The predicted octanol–water partition coefficient (Wildman–Crippen LogP) is 5.34. The van der Waals surface area contributed by atoms with Crippen LogP contribution in [0.5, 0.6) is 0 Å². The van der Waals surface area contributed by atoms with E-state index in [9.17, 15) is 0 Å². The molecule has 0 heterocycles. The van der Waals surface area contributed by atoms with Crippen molar-refractivity contribution in [1.29, 1.82) is 0 Å². The Bertz CT molecular complexity index is 705. The molecule has 2 rings (SSSR count). The molecule has 0 amide bonds. The van der Waals surface area contributed by atoms with E-state index in [2.05, 4.69) is 85.8 Å². The van der Waals surface area contributed by atoms with Crippen molar-refractivity contribution in [3.05, 3.63) is 71.3 Å². The van der Waals surface area contributed by atoms with Crippen LogP contribution in [-0.2, 0) is 0 Å². The van der Waals surface area contributed by atoms with E-state index in [4.69, 9.17) is 0 Å². The Morgan fingerprint density at radius 3 is 2.10 bits per heavy atom. The van der Waals surface area contributed by atoms with Crippen molar-refractivity contribution in [2.75, 3.05) is 6.66 Å². The maximum Gasteiger partial charge on any atom is 0.0249 e. The smallest absolute Gasteiger partial charge is 0.0249 e. The summed E-state index contributed by atoms with van der Waals surface area (Å²) in [5.74, 6) is 8.48. The molecule has 104 valence electrons. The molecule has 2 aromatic carbocycles. The maximum atomic E-state index is 3.20. The van der Waals surface area contributed by atoms with Gasteiger partial charge in [0.1, 0.15) is 0 Å². The Hall–Kier alpha value is -2.09. The number of aryl methyl sites for hydroxylation is 1. The van der Waals surface area contributed by atoms with E-state index in [0.717, 1.165) is 11.1 Å². The van der Waals surface area contributed by atoms with Crippen LogP contribution in [0.15, 0.2) is 60.2 Å². The highest BCUT2D eigenvalue weighted by atomic mass is 31.1. The Morgan fingerprint density at radius 2 is 1.52 bits per heavy atom. The molecule has 0 N–H and O–H groups in total. The van der Waals surface area contributed by atoms with Gasteiger partial charge in [-0.2, -0.15) is 0 Å². The fourth-order valence-electron chi connectivity index (χ4n) is 1.89. The highest BCUT2D eigenvalue weighted by Gasteiger charge is 1.96. The number of hydrogen-bond donors (Lipinski definition) is 0. The van der Waals surface area contributed by atoms with E-state index in [1.165, 1.54) is 24.9 Å². The van der Waals surface area contributed by atoms with Crippen LogP contribution >= 0.6 is 8.20 Å². The third-order valence-electron chi connectivity index (χ3n) is 3.15. The van der Waals surface area contributed by atoms with E-state index in [1.807, 2.05) is 6.92 Å². The first-order valence-corrected chi connectivity index (χ1v) is 8.38. The lowest BCUT2D eigenvalue weighted by Crippen LogP contribution is -1.80. The number of benzene rings is 2. The van der Waals surface area contributed by atoms with Crippen molar-refractivity contribution < 1.29 is 0 Å². The van der Waals surface area contributed by atoms with E-state index in [0.29, 0.717) is 0 Å². The summed E-state index contributed by atoms with van der Waals surface area (Å²) in [6.45, 7) is 6.24. The molecule has 0 aliphatic carbocycles. The van der Waals surface area contributed by atoms with Crippen LogP contribution in [0, 0.1) is 18.8 Å². The van der Waals surface area contributed by atoms with E-state index >= 15 is 0 Å². The molecule has 0 aliphatic rings. The van der Waals surface area contributed by atoms with Crippen molar-refractivity contribution in [1.82, 2.24) is 0 Å². The molecule has 0 bridgehead atoms. The standard InChI is InChI=1S/C20H19P/c1-16-5-10-19(11-6-16)20-12-8-18(9-13-20)7-4-17(2)14-15-21-3/h5-6,8-15H,1-3H3/b17-14+. The van der Waals surface area contributed by atoms with Crippen molar-refractivity contribution in [3.8, 4) is 23.0 Å². The first-order valence-electron chi connectivity index (χ1n) is 6.97. The summed E-state index contributed by atoms with van der Waals surface area (Å²) in [4.78, 5) is 0.